The smallest absolute Gasteiger partial charge is 0.309 e. The fourth-order valence-electron chi connectivity index (χ4n) is 3.57. The summed E-state index contributed by atoms with van der Waals surface area (Å²) in [5, 5.41) is 30.0. The van der Waals surface area contributed by atoms with E-state index in [9.17, 15) is 15.0 Å². The average Bonchev–Trinajstić information content (AvgIpc) is 2.74. The van der Waals surface area contributed by atoms with E-state index in [0.717, 1.165) is 12.8 Å². The van der Waals surface area contributed by atoms with Crippen molar-refractivity contribution in [1.29, 1.82) is 5.41 Å². The second-order valence-electron chi connectivity index (χ2n) is 6.03. The third kappa shape index (κ3) is 4.47. The first-order valence-corrected chi connectivity index (χ1v) is 7.82. The molecule has 1 aliphatic carbocycles. The molecule has 1 rings (SSSR count). The Morgan fingerprint density at radius 2 is 1.91 bits per heavy atom. The van der Waals surface area contributed by atoms with E-state index in [1.54, 1.807) is 0 Å². The second kappa shape index (κ2) is 8.00. The van der Waals surface area contributed by atoms with Gasteiger partial charge in [-0.25, -0.2) is 4.99 Å². The topological polar surface area (TPSA) is 184 Å². The number of nitrogens with two attached hydrogens (primary N) is 3. The third-order valence-electron chi connectivity index (χ3n) is 4.66. The normalized spacial score (nSPS) is 28.3. The number of nitrogens with one attached hydrogen (secondary N) is 2. The molecule has 0 aromatic carbocycles. The van der Waals surface area contributed by atoms with Crippen molar-refractivity contribution in [3.05, 3.63) is 0 Å². The summed E-state index contributed by atoms with van der Waals surface area (Å²) in [6.45, 7) is 3.99. The third-order valence-corrected chi connectivity index (χ3v) is 4.66. The molecule has 10 N–H and O–H groups in total. The molecule has 0 saturated heterocycles. The van der Waals surface area contributed by atoms with Crippen molar-refractivity contribution in [2.24, 2.45) is 39.9 Å². The maximum atomic E-state index is 11.4. The van der Waals surface area contributed by atoms with Crippen molar-refractivity contribution >= 4 is 17.9 Å². The fraction of sp³-hybridized carbons (Fsp3) is 0.786. The van der Waals surface area contributed by atoms with E-state index in [-0.39, 0.29) is 24.3 Å². The van der Waals surface area contributed by atoms with Crippen molar-refractivity contribution in [3.63, 3.8) is 0 Å². The predicted molar refractivity (Wildman–Crippen MR) is 87.7 cm³/mol. The maximum Gasteiger partial charge on any atom is 0.309 e. The molecule has 9 nitrogen and oxygen atoms in total. The van der Waals surface area contributed by atoms with Gasteiger partial charge in [0.1, 0.15) is 0 Å². The van der Waals surface area contributed by atoms with E-state index in [2.05, 4.69) is 10.3 Å². The lowest BCUT2D eigenvalue weighted by atomic mass is 9.81. The van der Waals surface area contributed by atoms with Crippen molar-refractivity contribution in [2.75, 3.05) is 0 Å². The Hall–Kier alpha value is -2.03. The Bertz CT molecular complexity index is 461. The van der Waals surface area contributed by atoms with Crippen LogP contribution in [0.5, 0.6) is 0 Å². The van der Waals surface area contributed by atoms with Gasteiger partial charge in [-0.1, -0.05) is 26.7 Å². The minimum Gasteiger partial charge on any atom is -0.481 e. The summed E-state index contributed by atoms with van der Waals surface area (Å²) in [7, 11) is 0. The lowest BCUT2D eigenvalue weighted by Crippen LogP contribution is -2.49. The summed E-state index contributed by atoms with van der Waals surface area (Å²) in [5.74, 6) is -2.85. The molecule has 132 valence electrons. The molecule has 9 heteroatoms. The number of carboxylic acid groups (broad SMARTS) is 1. The van der Waals surface area contributed by atoms with E-state index in [0.29, 0.717) is 0 Å². The Morgan fingerprint density at radius 3 is 2.30 bits per heavy atom. The number of carbonyl (C=O) groups is 1. The highest BCUT2D eigenvalue weighted by Gasteiger charge is 2.50. The molecule has 1 aliphatic rings. The van der Waals surface area contributed by atoms with Crippen LogP contribution in [0.4, 0.5) is 0 Å². The number of aliphatic imine (C=N–C) groups is 1. The Labute approximate surface area is 135 Å². The van der Waals surface area contributed by atoms with Crippen LogP contribution < -0.4 is 22.5 Å². The number of carboxylic acids is 1. The van der Waals surface area contributed by atoms with Crippen LogP contribution in [0, 0.1) is 23.2 Å². The van der Waals surface area contributed by atoms with Crippen LogP contribution in [-0.4, -0.2) is 46.3 Å². The van der Waals surface area contributed by atoms with Crippen molar-refractivity contribution < 1.29 is 15.0 Å². The summed E-state index contributed by atoms with van der Waals surface area (Å²) in [5.41, 5.74) is 16.5. The summed E-state index contributed by atoms with van der Waals surface area (Å²) in [6, 6.07) is -0.913. The van der Waals surface area contributed by atoms with Crippen LogP contribution in [0.25, 0.3) is 0 Å². The van der Waals surface area contributed by atoms with Crippen LogP contribution in [0.1, 0.15) is 33.1 Å². The van der Waals surface area contributed by atoms with Gasteiger partial charge < -0.3 is 32.7 Å². The van der Waals surface area contributed by atoms with E-state index >= 15 is 0 Å². The molecule has 0 heterocycles. The van der Waals surface area contributed by atoms with Gasteiger partial charge in [0.05, 0.1) is 18.1 Å². The monoisotopic (exact) mass is 328 g/mol. The van der Waals surface area contributed by atoms with Crippen molar-refractivity contribution in [1.82, 2.24) is 5.32 Å². The van der Waals surface area contributed by atoms with Gasteiger partial charge in [0.15, 0.2) is 11.9 Å². The molecule has 0 bridgehead atoms. The fourth-order valence-corrected chi connectivity index (χ4v) is 3.57. The number of hydrogen-bond acceptors (Lipinski definition) is 4. The van der Waals surface area contributed by atoms with Crippen LogP contribution in [0.15, 0.2) is 4.99 Å². The Kier molecular flexibility index (Phi) is 6.62. The molecule has 1 saturated carbocycles. The van der Waals surface area contributed by atoms with Gasteiger partial charge in [0, 0.05) is 12.0 Å². The summed E-state index contributed by atoms with van der Waals surface area (Å²) in [4.78, 5) is 15.7. The Morgan fingerprint density at radius 1 is 1.35 bits per heavy atom. The first kappa shape index (κ1) is 19.0. The first-order valence-electron chi connectivity index (χ1n) is 7.82. The van der Waals surface area contributed by atoms with E-state index < -0.39 is 36.0 Å². The van der Waals surface area contributed by atoms with Crippen LogP contribution >= 0.6 is 0 Å². The minimum atomic E-state index is -1.11. The molecule has 0 amide bonds. The Balaban J connectivity index is 3.23. The highest BCUT2D eigenvalue weighted by molar-refractivity contribution is 5.77. The molecule has 0 aliphatic heterocycles. The number of hydrogen-bond donors (Lipinski definition) is 7. The highest BCUT2D eigenvalue weighted by Crippen LogP contribution is 2.39. The van der Waals surface area contributed by atoms with Gasteiger partial charge in [-0.3, -0.25) is 10.2 Å². The molecule has 0 radical (unpaired) electrons. The average molecular weight is 328 g/mol. The highest BCUT2D eigenvalue weighted by atomic mass is 16.4. The number of aliphatic carboxylic acids is 1. The molecule has 1 fully saturated rings. The number of guanidine groups is 2. The molecule has 0 aromatic heterocycles. The van der Waals surface area contributed by atoms with Crippen LogP contribution in [0.3, 0.4) is 0 Å². The van der Waals surface area contributed by atoms with E-state index in [1.807, 2.05) is 13.8 Å². The maximum absolute atomic E-state index is 11.4. The predicted octanol–water partition coefficient (Wildman–Crippen LogP) is -1.00. The molecular formula is C14H28N6O3. The van der Waals surface area contributed by atoms with Gasteiger partial charge in [0.2, 0.25) is 0 Å². The zero-order valence-corrected chi connectivity index (χ0v) is 13.6. The number of nitrogens with zero attached hydrogens (tertiary/aromatic N) is 1. The van der Waals surface area contributed by atoms with E-state index in [1.165, 1.54) is 0 Å². The van der Waals surface area contributed by atoms with Gasteiger partial charge in [-0.05, 0) is 12.3 Å². The summed E-state index contributed by atoms with van der Waals surface area (Å²) < 4.78 is 0. The van der Waals surface area contributed by atoms with Crippen LogP contribution in [0.2, 0.25) is 0 Å². The standard InChI is InChI=1S/C14H28N6O3/c1-3-6(4-2)10(20-14(17)18)9-8(19-13(15)16)5-7(11(9)21)12(22)23/h6-11,21H,3-5H2,1-2H3,(H,22,23)(H4,15,16,19)(H4,17,18,20)/t7-,8+,9+,10?,11+/m0/s1. The van der Waals surface area contributed by atoms with Gasteiger partial charge in [0.25, 0.3) is 0 Å². The lowest BCUT2D eigenvalue weighted by molar-refractivity contribution is -0.145. The van der Waals surface area contributed by atoms with Gasteiger partial charge >= 0.3 is 5.97 Å². The van der Waals surface area contributed by atoms with Crippen molar-refractivity contribution in [2.45, 2.75) is 51.3 Å². The number of aliphatic hydroxyl groups is 1. The molecular weight excluding hydrogens is 300 g/mol. The molecule has 0 aromatic rings. The minimum absolute atomic E-state index is 0.0838. The zero-order chi connectivity index (χ0) is 17.7. The molecule has 5 atom stereocenters. The van der Waals surface area contributed by atoms with Crippen LogP contribution in [-0.2, 0) is 4.79 Å². The summed E-state index contributed by atoms with van der Waals surface area (Å²) in [6.07, 6.45) is 0.618. The molecule has 0 spiro atoms. The van der Waals surface area contributed by atoms with Gasteiger partial charge in [-0.2, -0.15) is 0 Å². The molecule has 23 heavy (non-hydrogen) atoms. The largest absolute Gasteiger partial charge is 0.481 e. The van der Waals surface area contributed by atoms with Gasteiger partial charge in [-0.15, -0.1) is 0 Å². The quantitative estimate of drug-likeness (QED) is 0.231. The second-order valence-corrected chi connectivity index (χ2v) is 6.03. The van der Waals surface area contributed by atoms with Crippen molar-refractivity contribution in [3.8, 4) is 0 Å². The summed E-state index contributed by atoms with van der Waals surface area (Å²) >= 11 is 0. The zero-order valence-electron chi connectivity index (χ0n) is 13.6. The molecule has 1 unspecified atom stereocenters. The SMILES string of the molecule is CCC(CC)C(N=C(N)N)[C@@H]1[C@H](O)[C@@H](C(=O)O)C[C@H]1NC(=N)N. The first-order chi connectivity index (χ1) is 10.7. The lowest BCUT2D eigenvalue weighted by Gasteiger charge is -2.33. The number of aliphatic hydroxyl groups excluding tert-OH is 1. The number of rotatable bonds is 7. The van der Waals surface area contributed by atoms with E-state index in [4.69, 9.17) is 22.6 Å².